The SMILES string of the molecule is CCCCCCCCCCOc1ccc(N)c(F)c1. The van der Waals surface area contributed by atoms with Crippen LogP contribution >= 0.6 is 0 Å². The van der Waals surface area contributed by atoms with Gasteiger partial charge in [-0.3, -0.25) is 0 Å². The highest BCUT2D eigenvalue weighted by molar-refractivity contribution is 5.43. The standard InChI is InChI=1S/C16H26FNO/c1-2-3-4-5-6-7-8-9-12-19-14-10-11-16(18)15(17)13-14/h10-11,13H,2-9,12,18H2,1H3. The summed E-state index contributed by atoms with van der Waals surface area (Å²) in [7, 11) is 0. The predicted molar refractivity (Wildman–Crippen MR) is 78.9 cm³/mol. The maximum absolute atomic E-state index is 13.2. The van der Waals surface area contributed by atoms with Crippen LogP contribution in [0.3, 0.4) is 0 Å². The molecule has 19 heavy (non-hydrogen) atoms. The fraction of sp³-hybridized carbons (Fsp3) is 0.625. The molecule has 0 radical (unpaired) electrons. The molecule has 0 aromatic heterocycles. The lowest BCUT2D eigenvalue weighted by Crippen LogP contribution is -1.98. The molecule has 0 saturated heterocycles. The zero-order chi connectivity index (χ0) is 13.9. The maximum atomic E-state index is 13.2. The van der Waals surface area contributed by atoms with Crippen molar-refractivity contribution in [3.05, 3.63) is 24.0 Å². The van der Waals surface area contributed by atoms with Gasteiger partial charge in [-0.2, -0.15) is 0 Å². The molecule has 1 aromatic rings. The lowest BCUT2D eigenvalue weighted by molar-refractivity contribution is 0.303. The lowest BCUT2D eigenvalue weighted by atomic mass is 10.1. The molecule has 0 aliphatic carbocycles. The molecule has 0 aliphatic heterocycles. The van der Waals surface area contributed by atoms with Gasteiger partial charge < -0.3 is 10.5 Å². The zero-order valence-electron chi connectivity index (χ0n) is 12.0. The molecule has 2 N–H and O–H groups in total. The van der Waals surface area contributed by atoms with Crippen LogP contribution < -0.4 is 10.5 Å². The van der Waals surface area contributed by atoms with E-state index in [0.717, 1.165) is 6.42 Å². The molecule has 3 heteroatoms. The molecule has 0 saturated carbocycles. The normalized spacial score (nSPS) is 10.6. The predicted octanol–water partition coefficient (Wildman–Crippen LogP) is 4.93. The van der Waals surface area contributed by atoms with Crippen LogP contribution in [-0.2, 0) is 0 Å². The zero-order valence-corrected chi connectivity index (χ0v) is 12.0. The molecule has 0 spiro atoms. The Balaban J connectivity index is 2.00. The van der Waals surface area contributed by atoms with Gasteiger partial charge in [-0.05, 0) is 18.6 Å². The summed E-state index contributed by atoms with van der Waals surface area (Å²) < 4.78 is 18.6. The van der Waals surface area contributed by atoms with Crippen LogP contribution in [0.15, 0.2) is 18.2 Å². The van der Waals surface area contributed by atoms with E-state index < -0.39 is 5.82 Å². The Kier molecular flexibility index (Phi) is 8.03. The first-order valence-corrected chi connectivity index (χ1v) is 7.42. The van der Waals surface area contributed by atoms with Gasteiger partial charge in [0.2, 0.25) is 0 Å². The van der Waals surface area contributed by atoms with Gasteiger partial charge in [0.1, 0.15) is 11.6 Å². The van der Waals surface area contributed by atoms with Crippen molar-refractivity contribution in [3.8, 4) is 5.75 Å². The van der Waals surface area contributed by atoms with Crippen molar-refractivity contribution >= 4 is 5.69 Å². The Morgan fingerprint density at radius 2 is 1.63 bits per heavy atom. The van der Waals surface area contributed by atoms with E-state index in [1.165, 1.54) is 51.0 Å². The molecule has 0 aliphatic rings. The fourth-order valence-corrected chi connectivity index (χ4v) is 2.02. The van der Waals surface area contributed by atoms with E-state index in [-0.39, 0.29) is 5.69 Å². The first kappa shape index (κ1) is 15.8. The first-order valence-electron chi connectivity index (χ1n) is 7.42. The monoisotopic (exact) mass is 267 g/mol. The van der Waals surface area contributed by atoms with Crippen molar-refractivity contribution in [2.45, 2.75) is 58.3 Å². The summed E-state index contributed by atoms with van der Waals surface area (Å²) in [6.07, 6.45) is 10.1. The number of rotatable bonds is 10. The smallest absolute Gasteiger partial charge is 0.149 e. The molecule has 2 nitrogen and oxygen atoms in total. The van der Waals surface area contributed by atoms with Crippen LogP contribution in [0.5, 0.6) is 5.75 Å². The highest BCUT2D eigenvalue weighted by Crippen LogP contribution is 2.18. The number of halogens is 1. The molecule has 1 rings (SSSR count). The molecule has 0 unspecified atom stereocenters. The number of hydrogen-bond acceptors (Lipinski definition) is 2. The number of hydrogen-bond donors (Lipinski definition) is 1. The van der Waals surface area contributed by atoms with Gasteiger partial charge in [0, 0.05) is 6.07 Å². The van der Waals surface area contributed by atoms with Crippen molar-refractivity contribution < 1.29 is 9.13 Å². The van der Waals surface area contributed by atoms with E-state index in [9.17, 15) is 4.39 Å². The highest BCUT2D eigenvalue weighted by Gasteiger charge is 2.00. The van der Waals surface area contributed by atoms with Gasteiger partial charge in [-0.1, -0.05) is 51.9 Å². The number of benzene rings is 1. The Labute approximate surface area is 116 Å². The van der Waals surface area contributed by atoms with Crippen molar-refractivity contribution in [2.24, 2.45) is 0 Å². The maximum Gasteiger partial charge on any atom is 0.149 e. The minimum atomic E-state index is -0.409. The number of ether oxygens (including phenoxy) is 1. The highest BCUT2D eigenvalue weighted by atomic mass is 19.1. The second kappa shape index (κ2) is 9.65. The van der Waals surface area contributed by atoms with E-state index in [4.69, 9.17) is 10.5 Å². The summed E-state index contributed by atoms with van der Waals surface area (Å²) in [6.45, 7) is 2.88. The second-order valence-electron chi connectivity index (χ2n) is 5.01. The third kappa shape index (κ3) is 7.04. The van der Waals surface area contributed by atoms with E-state index in [1.807, 2.05) is 0 Å². The van der Waals surface area contributed by atoms with Crippen molar-refractivity contribution in [1.29, 1.82) is 0 Å². The van der Waals surface area contributed by atoms with Crippen molar-refractivity contribution in [3.63, 3.8) is 0 Å². The van der Waals surface area contributed by atoms with Gasteiger partial charge in [0.15, 0.2) is 0 Å². The number of unbranched alkanes of at least 4 members (excludes halogenated alkanes) is 7. The van der Waals surface area contributed by atoms with Crippen molar-refractivity contribution in [1.82, 2.24) is 0 Å². The quantitative estimate of drug-likeness (QED) is 0.482. The number of anilines is 1. The molecule has 1 aromatic carbocycles. The summed E-state index contributed by atoms with van der Waals surface area (Å²) in [5, 5.41) is 0. The minimum Gasteiger partial charge on any atom is -0.493 e. The number of nitrogen functional groups attached to an aromatic ring is 1. The largest absolute Gasteiger partial charge is 0.493 e. The molecule has 0 heterocycles. The van der Waals surface area contributed by atoms with Gasteiger partial charge in [-0.15, -0.1) is 0 Å². The Morgan fingerprint density at radius 1 is 1.00 bits per heavy atom. The summed E-state index contributed by atoms with van der Waals surface area (Å²) >= 11 is 0. The molecule has 0 fully saturated rings. The lowest BCUT2D eigenvalue weighted by Gasteiger charge is -2.07. The molecular formula is C16H26FNO. The second-order valence-corrected chi connectivity index (χ2v) is 5.01. The van der Waals surface area contributed by atoms with Gasteiger partial charge >= 0.3 is 0 Å². The summed E-state index contributed by atoms with van der Waals surface area (Å²) in [4.78, 5) is 0. The molecule has 0 atom stereocenters. The molecule has 108 valence electrons. The van der Waals surface area contributed by atoms with Gasteiger partial charge in [0.25, 0.3) is 0 Å². The molecular weight excluding hydrogens is 241 g/mol. The fourth-order valence-electron chi connectivity index (χ4n) is 2.02. The van der Waals surface area contributed by atoms with Crippen LogP contribution in [-0.4, -0.2) is 6.61 Å². The topological polar surface area (TPSA) is 35.2 Å². The van der Waals surface area contributed by atoms with E-state index >= 15 is 0 Å². The van der Waals surface area contributed by atoms with Gasteiger partial charge in [0.05, 0.1) is 12.3 Å². The van der Waals surface area contributed by atoms with Crippen LogP contribution in [0.25, 0.3) is 0 Å². The number of nitrogens with two attached hydrogens (primary N) is 1. The van der Waals surface area contributed by atoms with Crippen molar-refractivity contribution in [2.75, 3.05) is 12.3 Å². The summed E-state index contributed by atoms with van der Waals surface area (Å²) in [5.74, 6) is 0.156. The summed E-state index contributed by atoms with van der Waals surface area (Å²) in [6, 6.07) is 4.60. The average Bonchev–Trinajstić information content (AvgIpc) is 2.41. The van der Waals surface area contributed by atoms with Crippen LogP contribution in [0.1, 0.15) is 58.3 Å². The summed E-state index contributed by atoms with van der Waals surface area (Å²) in [5.41, 5.74) is 5.57. The van der Waals surface area contributed by atoms with Gasteiger partial charge in [-0.25, -0.2) is 4.39 Å². The Morgan fingerprint density at radius 3 is 2.26 bits per heavy atom. The minimum absolute atomic E-state index is 0.166. The van der Waals surface area contributed by atoms with Crippen LogP contribution in [0, 0.1) is 5.82 Å². The van der Waals surface area contributed by atoms with Crippen LogP contribution in [0.2, 0.25) is 0 Å². The third-order valence-electron chi connectivity index (χ3n) is 3.24. The average molecular weight is 267 g/mol. The van der Waals surface area contributed by atoms with E-state index in [2.05, 4.69) is 6.92 Å². The molecule has 0 amide bonds. The third-order valence-corrected chi connectivity index (χ3v) is 3.24. The first-order chi connectivity index (χ1) is 9.24. The van der Waals surface area contributed by atoms with Crippen LogP contribution in [0.4, 0.5) is 10.1 Å². The Bertz CT molecular complexity index is 355. The van der Waals surface area contributed by atoms with E-state index in [0.29, 0.717) is 12.4 Å². The Hall–Kier alpha value is -1.25. The van der Waals surface area contributed by atoms with E-state index in [1.54, 1.807) is 12.1 Å². The molecule has 0 bridgehead atoms.